The Bertz CT molecular complexity index is 673. The van der Waals surface area contributed by atoms with Gasteiger partial charge in [-0.25, -0.2) is 9.37 Å². The van der Waals surface area contributed by atoms with Crippen molar-refractivity contribution in [2.75, 3.05) is 0 Å². The normalized spacial score (nSPS) is 10.9. The number of imidazole rings is 1. The van der Waals surface area contributed by atoms with Gasteiger partial charge in [-0.1, -0.05) is 6.07 Å². The van der Waals surface area contributed by atoms with E-state index in [1.54, 1.807) is 34.9 Å². The van der Waals surface area contributed by atoms with Gasteiger partial charge < -0.3 is 5.11 Å². The molecule has 0 unspecified atom stereocenters. The van der Waals surface area contributed by atoms with Gasteiger partial charge in [0.1, 0.15) is 11.6 Å². The van der Waals surface area contributed by atoms with E-state index >= 15 is 0 Å². The molecule has 0 fully saturated rings. The first-order valence-electron chi connectivity index (χ1n) is 5.17. The van der Waals surface area contributed by atoms with Gasteiger partial charge in [0.2, 0.25) is 0 Å². The molecule has 0 aliphatic carbocycles. The van der Waals surface area contributed by atoms with Crippen LogP contribution >= 0.6 is 0 Å². The Hall–Kier alpha value is -2.36. The number of benzene rings is 1. The first-order chi connectivity index (χ1) is 8.25. The van der Waals surface area contributed by atoms with Crippen LogP contribution in [0.15, 0.2) is 48.7 Å². The number of fused-ring (bicyclic) bond motifs is 1. The van der Waals surface area contributed by atoms with Crippen LogP contribution < -0.4 is 0 Å². The predicted molar refractivity (Wildman–Crippen MR) is 62.3 cm³/mol. The van der Waals surface area contributed by atoms with E-state index in [-0.39, 0.29) is 11.7 Å². The van der Waals surface area contributed by atoms with Gasteiger partial charge in [-0.05, 0) is 36.4 Å². The third-order valence-electron chi connectivity index (χ3n) is 2.63. The summed E-state index contributed by atoms with van der Waals surface area (Å²) in [4.78, 5) is 4.24. The van der Waals surface area contributed by atoms with Crippen LogP contribution in [0.5, 0.6) is 5.88 Å². The second kappa shape index (κ2) is 3.59. The Labute approximate surface area is 96.8 Å². The van der Waals surface area contributed by atoms with Gasteiger partial charge >= 0.3 is 0 Å². The largest absolute Gasteiger partial charge is 0.494 e. The molecule has 3 rings (SSSR count). The monoisotopic (exact) mass is 228 g/mol. The van der Waals surface area contributed by atoms with Crippen molar-refractivity contribution in [1.29, 1.82) is 0 Å². The quantitative estimate of drug-likeness (QED) is 0.695. The molecule has 0 radical (unpaired) electrons. The van der Waals surface area contributed by atoms with Crippen LogP contribution in [-0.4, -0.2) is 14.5 Å². The third-order valence-corrected chi connectivity index (χ3v) is 2.63. The summed E-state index contributed by atoms with van der Waals surface area (Å²) in [6, 6.07) is 11.2. The fraction of sp³-hybridized carbons (Fsp3) is 0. The van der Waals surface area contributed by atoms with E-state index in [2.05, 4.69) is 4.98 Å². The molecule has 0 atom stereocenters. The second-order valence-electron chi connectivity index (χ2n) is 3.73. The second-order valence-corrected chi connectivity index (χ2v) is 3.73. The Morgan fingerprint density at radius 1 is 1.06 bits per heavy atom. The molecule has 0 amide bonds. The molecule has 0 bridgehead atoms. The highest BCUT2D eigenvalue weighted by atomic mass is 19.1. The molecule has 0 aliphatic rings. The maximum absolute atomic E-state index is 12.8. The smallest absolute Gasteiger partial charge is 0.197 e. The Morgan fingerprint density at radius 2 is 1.82 bits per heavy atom. The van der Waals surface area contributed by atoms with Gasteiger partial charge in [-0.3, -0.25) is 4.40 Å². The van der Waals surface area contributed by atoms with Crippen molar-refractivity contribution in [3.63, 3.8) is 0 Å². The summed E-state index contributed by atoms with van der Waals surface area (Å²) >= 11 is 0. The lowest BCUT2D eigenvalue weighted by Gasteiger charge is -2.03. The molecule has 0 saturated heterocycles. The van der Waals surface area contributed by atoms with Crippen molar-refractivity contribution in [2.24, 2.45) is 0 Å². The minimum Gasteiger partial charge on any atom is -0.494 e. The lowest BCUT2D eigenvalue weighted by atomic mass is 10.2. The van der Waals surface area contributed by atoms with Crippen LogP contribution in [0.2, 0.25) is 0 Å². The number of hydrogen-bond acceptors (Lipinski definition) is 2. The zero-order chi connectivity index (χ0) is 11.8. The summed E-state index contributed by atoms with van der Waals surface area (Å²) in [7, 11) is 0. The number of pyridine rings is 1. The molecular formula is C13H9FN2O. The number of aromatic hydroxyl groups is 1. The molecule has 17 heavy (non-hydrogen) atoms. The van der Waals surface area contributed by atoms with Gasteiger partial charge in [0.15, 0.2) is 5.88 Å². The van der Waals surface area contributed by atoms with E-state index in [1.807, 2.05) is 6.07 Å². The van der Waals surface area contributed by atoms with Crippen LogP contribution in [0.4, 0.5) is 4.39 Å². The lowest BCUT2D eigenvalue weighted by Crippen LogP contribution is -1.90. The van der Waals surface area contributed by atoms with Crippen LogP contribution in [0.25, 0.3) is 16.9 Å². The zero-order valence-electron chi connectivity index (χ0n) is 8.84. The van der Waals surface area contributed by atoms with E-state index < -0.39 is 0 Å². The number of hydrogen-bond donors (Lipinski definition) is 1. The van der Waals surface area contributed by atoms with Crippen molar-refractivity contribution in [2.45, 2.75) is 0 Å². The maximum atomic E-state index is 12.8. The molecular weight excluding hydrogens is 219 g/mol. The lowest BCUT2D eigenvalue weighted by molar-refractivity contribution is 0.447. The Kier molecular flexibility index (Phi) is 2.08. The molecule has 1 N–H and O–H groups in total. The average molecular weight is 228 g/mol. The van der Waals surface area contributed by atoms with Gasteiger partial charge in [-0.15, -0.1) is 0 Å². The van der Waals surface area contributed by atoms with Crippen LogP contribution in [0, 0.1) is 5.82 Å². The van der Waals surface area contributed by atoms with Crippen molar-refractivity contribution < 1.29 is 9.50 Å². The molecule has 3 aromatic rings. The van der Waals surface area contributed by atoms with E-state index in [9.17, 15) is 9.50 Å². The number of rotatable bonds is 1. The molecule has 2 aromatic heterocycles. The van der Waals surface area contributed by atoms with Crippen molar-refractivity contribution in [1.82, 2.24) is 9.38 Å². The van der Waals surface area contributed by atoms with Crippen molar-refractivity contribution in [3.05, 3.63) is 54.5 Å². The van der Waals surface area contributed by atoms with E-state index in [0.29, 0.717) is 5.82 Å². The fourth-order valence-electron chi connectivity index (χ4n) is 1.83. The van der Waals surface area contributed by atoms with E-state index in [1.165, 1.54) is 12.1 Å². The van der Waals surface area contributed by atoms with Crippen LogP contribution in [0.1, 0.15) is 0 Å². The zero-order valence-corrected chi connectivity index (χ0v) is 8.84. The van der Waals surface area contributed by atoms with Gasteiger partial charge in [0, 0.05) is 5.56 Å². The summed E-state index contributed by atoms with van der Waals surface area (Å²) in [6.07, 6.45) is 1.67. The van der Waals surface area contributed by atoms with Crippen LogP contribution in [-0.2, 0) is 0 Å². The summed E-state index contributed by atoms with van der Waals surface area (Å²) in [5.74, 6) is 0.413. The van der Waals surface area contributed by atoms with Gasteiger partial charge in [0.25, 0.3) is 0 Å². The molecule has 0 aliphatic heterocycles. The molecule has 0 spiro atoms. The predicted octanol–water partition coefficient (Wildman–Crippen LogP) is 2.85. The minimum atomic E-state index is -0.293. The Balaban J connectivity index is 2.27. The first-order valence-corrected chi connectivity index (χ1v) is 5.17. The number of nitrogens with zero attached hydrogens (tertiary/aromatic N) is 2. The third kappa shape index (κ3) is 1.54. The van der Waals surface area contributed by atoms with E-state index in [4.69, 9.17) is 0 Å². The molecule has 1 aromatic carbocycles. The summed E-state index contributed by atoms with van der Waals surface area (Å²) in [5, 5.41) is 9.81. The maximum Gasteiger partial charge on any atom is 0.197 e. The van der Waals surface area contributed by atoms with Gasteiger partial charge in [0.05, 0.1) is 11.7 Å². The molecule has 4 heteroatoms. The van der Waals surface area contributed by atoms with Crippen molar-refractivity contribution >= 4 is 5.52 Å². The molecule has 0 saturated carbocycles. The standard InChI is InChI=1S/C13H9FN2O/c14-10-6-4-9(5-7-10)13-15-8-11-2-1-3-12(17)16(11)13/h1-8,17H. The topological polar surface area (TPSA) is 37.5 Å². The molecule has 84 valence electrons. The van der Waals surface area contributed by atoms with Crippen molar-refractivity contribution in [3.8, 4) is 17.3 Å². The highest BCUT2D eigenvalue weighted by Crippen LogP contribution is 2.24. The number of aromatic nitrogens is 2. The highest BCUT2D eigenvalue weighted by Gasteiger charge is 2.08. The SMILES string of the molecule is Oc1cccc2cnc(-c3ccc(F)cc3)n12. The van der Waals surface area contributed by atoms with Gasteiger partial charge in [-0.2, -0.15) is 0 Å². The van der Waals surface area contributed by atoms with Crippen LogP contribution in [0.3, 0.4) is 0 Å². The molecule has 3 nitrogen and oxygen atoms in total. The minimum absolute atomic E-state index is 0.110. The van der Waals surface area contributed by atoms with E-state index in [0.717, 1.165) is 11.1 Å². The average Bonchev–Trinajstić information content (AvgIpc) is 2.75. The molecule has 2 heterocycles. The highest BCUT2D eigenvalue weighted by molar-refractivity contribution is 5.63. The first kappa shape index (κ1) is 9.84. The number of halogens is 1. The fourth-order valence-corrected chi connectivity index (χ4v) is 1.83. The summed E-state index contributed by atoms with van der Waals surface area (Å²) < 4.78 is 14.5. The summed E-state index contributed by atoms with van der Waals surface area (Å²) in [6.45, 7) is 0. The Morgan fingerprint density at radius 3 is 2.59 bits per heavy atom. The summed E-state index contributed by atoms with van der Waals surface area (Å²) in [5.41, 5.74) is 1.55.